The summed E-state index contributed by atoms with van der Waals surface area (Å²) in [5, 5.41) is 5.52. The Morgan fingerprint density at radius 3 is 2.50 bits per heavy atom. The molecular weight excluding hydrogens is 395 g/mol. The fourth-order valence-corrected chi connectivity index (χ4v) is 3.12. The Morgan fingerprint density at radius 2 is 1.77 bits per heavy atom. The molecule has 3 amide bonds. The first-order valence-electron chi connectivity index (χ1n) is 9.59. The molecule has 5 nitrogen and oxygen atoms in total. The molecule has 0 aromatic heterocycles. The number of nitrogens with zero attached hydrogens (tertiary/aromatic N) is 1. The first kappa shape index (κ1) is 21.4. The van der Waals surface area contributed by atoms with Gasteiger partial charge in [-0.05, 0) is 54.3 Å². The van der Waals surface area contributed by atoms with Crippen LogP contribution in [0, 0.1) is 0 Å². The Morgan fingerprint density at radius 1 is 1.03 bits per heavy atom. The van der Waals surface area contributed by atoms with Crippen molar-refractivity contribution in [2.75, 3.05) is 18.4 Å². The first-order chi connectivity index (χ1) is 14.3. The topological polar surface area (TPSA) is 61.4 Å². The van der Waals surface area contributed by atoms with Crippen molar-refractivity contribution in [2.24, 2.45) is 0 Å². The van der Waals surface area contributed by atoms with Crippen molar-refractivity contribution < 1.29 is 22.8 Å². The van der Waals surface area contributed by atoms with Crippen LogP contribution in [0.4, 0.5) is 23.7 Å². The highest BCUT2D eigenvalue weighted by atomic mass is 19.4. The zero-order valence-corrected chi connectivity index (χ0v) is 16.2. The second-order valence-corrected chi connectivity index (χ2v) is 7.00. The van der Waals surface area contributed by atoms with E-state index in [1.807, 2.05) is 6.07 Å². The number of carbonyl (C=O) groups is 2. The number of hydrogen-bond acceptors (Lipinski definition) is 2. The van der Waals surface area contributed by atoms with Crippen LogP contribution >= 0.6 is 0 Å². The molecule has 1 aliphatic rings. The van der Waals surface area contributed by atoms with Crippen LogP contribution in [0.3, 0.4) is 0 Å². The van der Waals surface area contributed by atoms with Gasteiger partial charge in [0, 0.05) is 31.4 Å². The summed E-state index contributed by atoms with van der Waals surface area (Å²) in [7, 11) is 0. The van der Waals surface area contributed by atoms with E-state index in [4.69, 9.17) is 0 Å². The maximum atomic E-state index is 12.7. The van der Waals surface area contributed by atoms with Crippen molar-refractivity contribution in [3.63, 3.8) is 0 Å². The van der Waals surface area contributed by atoms with Gasteiger partial charge in [0.2, 0.25) is 5.91 Å². The standard InChI is InChI=1S/C22H22F3N3O2/c23-22(24,25)18-7-3-5-16(13-18)9-10-20(29)26-15-17-6-4-8-19(14-17)27-21(30)28-11-1-2-12-28/h3-10,13-14H,1-2,11-12,15H2,(H,26,29)(H,27,30). The zero-order valence-electron chi connectivity index (χ0n) is 16.2. The number of alkyl halides is 3. The second-order valence-electron chi connectivity index (χ2n) is 7.00. The average Bonchev–Trinajstić information content (AvgIpc) is 3.26. The lowest BCUT2D eigenvalue weighted by atomic mass is 10.1. The summed E-state index contributed by atoms with van der Waals surface area (Å²) in [6.45, 7) is 1.72. The van der Waals surface area contributed by atoms with E-state index >= 15 is 0 Å². The number of likely N-dealkylation sites (tertiary alicyclic amines) is 1. The van der Waals surface area contributed by atoms with E-state index in [-0.39, 0.29) is 18.1 Å². The van der Waals surface area contributed by atoms with E-state index in [1.54, 1.807) is 23.1 Å². The number of carbonyl (C=O) groups excluding carboxylic acids is 2. The van der Waals surface area contributed by atoms with Crippen LogP contribution in [0.1, 0.15) is 29.5 Å². The van der Waals surface area contributed by atoms with Gasteiger partial charge in [-0.25, -0.2) is 4.79 Å². The first-order valence-corrected chi connectivity index (χ1v) is 9.59. The summed E-state index contributed by atoms with van der Waals surface area (Å²) < 4.78 is 38.2. The van der Waals surface area contributed by atoms with E-state index in [0.717, 1.165) is 43.6 Å². The Labute approximate surface area is 172 Å². The molecule has 2 aromatic rings. The lowest BCUT2D eigenvalue weighted by Gasteiger charge is -2.16. The van der Waals surface area contributed by atoms with E-state index < -0.39 is 17.6 Å². The monoisotopic (exact) mass is 417 g/mol. The molecule has 1 aliphatic heterocycles. The van der Waals surface area contributed by atoms with Gasteiger partial charge < -0.3 is 15.5 Å². The van der Waals surface area contributed by atoms with Gasteiger partial charge in [0.15, 0.2) is 0 Å². The quantitative estimate of drug-likeness (QED) is 0.695. The molecule has 3 rings (SSSR count). The molecule has 0 radical (unpaired) electrons. The minimum Gasteiger partial charge on any atom is -0.348 e. The number of rotatable bonds is 5. The Hall–Kier alpha value is -3.29. The zero-order chi connectivity index (χ0) is 21.6. The third kappa shape index (κ3) is 6.10. The van der Waals surface area contributed by atoms with Crippen LogP contribution in [0.5, 0.6) is 0 Å². The largest absolute Gasteiger partial charge is 0.416 e. The highest BCUT2D eigenvalue weighted by Crippen LogP contribution is 2.29. The van der Waals surface area contributed by atoms with E-state index in [2.05, 4.69) is 10.6 Å². The predicted octanol–water partition coefficient (Wildman–Crippen LogP) is 4.66. The van der Waals surface area contributed by atoms with Crippen molar-refractivity contribution >= 4 is 23.7 Å². The van der Waals surface area contributed by atoms with Crippen molar-refractivity contribution in [1.82, 2.24) is 10.2 Å². The number of anilines is 1. The van der Waals surface area contributed by atoms with Gasteiger partial charge >= 0.3 is 12.2 Å². The molecule has 1 heterocycles. The van der Waals surface area contributed by atoms with Crippen LogP contribution in [0.25, 0.3) is 6.08 Å². The maximum absolute atomic E-state index is 12.7. The number of benzene rings is 2. The van der Waals surface area contributed by atoms with Gasteiger partial charge in [-0.15, -0.1) is 0 Å². The summed E-state index contributed by atoms with van der Waals surface area (Å²) in [6, 6.07) is 11.7. The fraction of sp³-hybridized carbons (Fsp3) is 0.273. The van der Waals surface area contributed by atoms with Gasteiger partial charge in [0.1, 0.15) is 0 Å². The summed E-state index contributed by atoms with van der Waals surface area (Å²) in [5.74, 6) is -0.432. The number of hydrogen-bond donors (Lipinski definition) is 2. The minimum absolute atomic E-state index is 0.141. The molecule has 2 N–H and O–H groups in total. The van der Waals surface area contributed by atoms with Crippen LogP contribution in [0.15, 0.2) is 54.6 Å². The van der Waals surface area contributed by atoms with Crippen molar-refractivity contribution in [1.29, 1.82) is 0 Å². The molecule has 30 heavy (non-hydrogen) atoms. The molecule has 1 fully saturated rings. The molecule has 2 aromatic carbocycles. The number of halogens is 3. The molecule has 0 saturated carbocycles. The van der Waals surface area contributed by atoms with Crippen LogP contribution in [0.2, 0.25) is 0 Å². The number of urea groups is 1. The highest BCUT2D eigenvalue weighted by Gasteiger charge is 2.30. The van der Waals surface area contributed by atoms with Crippen molar-refractivity contribution in [3.05, 3.63) is 71.3 Å². The molecule has 158 valence electrons. The van der Waals surface area contributed by atoms with Gasteiger partial charge in [0.25, 0.3) is 0 Å². The molecule has 0 unspecified atom stereocenters. The minimum atomic E-state index is -4.43. The molecule has 0 aliphatic carbocycles. The summed E-state index contributed by atoms with van der Waals surface area (Å²) in [5.41, 5.74) is 0.942. The van der Waals surface area contributed by atoms with Gasteiger partial charge in [-0.2, -0.15) is 13.2 Å². The molecule has 0 atom stereocenters. The third-order valence-electron chi connectivity index (χ3n) is 4.68. The molecule has 1 saturated heterocycles. The predicted molar refractivity (Wildman–Crippen MR) is 109 cm³/mol. The summed E-state index contributed by atoms with van der Waals surface area (Å²) >= 11 is 0. The van der Waals surface area contributed by atoms with Crippen LogP contribution in [-0.2, 0) is 17.5 Å². The number of nitrogens with one attached hydrogen (secondary N) is 2. The SMILES string of the molecule is O=C(C=Cc1cccc(C(F)(F)F)c1)NCc1cccc(NC(=O)N2CCCC2)c1. The molecular formula is C22H22F3N3O2. The van der Waals surface area contributed by atoms with Gasteiger partial charge in [-0.3, -0.25) is 4.79 Å². The number of amides is 3. The van der Waals surface area contributed by atoms with Crippen molar-refractivity contribution in [2.45, 2.75) is 25.6 Å². The fourth-order valence-electron chi connectivity index (χ4n) is 3.12. The lowest BCUT2D eigenvalue weighted by Crippen LogP contribution is -2.32. The summed E-state index contributed by atoms with van der Waals surface area (Å²) in [4.78, 5) is 25.9. The maximum Gasteiger partial charge on any atom is 0.416 e. The van der Waals surface area contributed by atoms with Gasteiger partial charge in [-0.1, -0.05) is 24.3 Å². The Bertz CT molecular complexity index is 935. The van der Waals surface area contributed by atoms with E-state index in [0.29, 0.717) is 5.69 Å². The smallest absolute Gasteiger partial charge is 0.348 e. The summed E-state index contributed by atoms with van der Waals surface area (Å²) in [6.07, 6.45) is 0.105. The lowest BCUT2D eigenvalue weighted by molar-refractivity contribution is -0.137. The average molecular weight is 417 g/mol. The Balaban J connectivity index is 1.53. The third-order valence-corrected chi connectivity index (χ3v) is 4.68. The van der Waals surface area contributed by atoms with E-state index in [9.17, 15) is 22.8 Å². The normalized spacial score (nSPS) is 14.2. The van der Waals surface area contributed by atoms with Gasteiger partial charge in [0.05, 0.1) is 5.56 Å². The molecule has 0 bridgehead atoms. The Kier molecular flexibility index (Phi) is 6.76. The van der Waals surface area contributed by atoms with Crippen molar-refractivity contribution in [3.8, 4) is 0 Å². The van der Waals surface area contributed by atoms with E-state index in [1.165, 1.54) is 24.3 Å². The molecule has 8 heteroatoms. The van der Waals surface area contributed by atoms with Crippen LogP contribution in [-0.4, -0.2) is 29.9 Å². The van der Waals surface area contributed by atoms with Crippen LogP contribution < -0.4 is 10.6 Å². The second kappa shape index (κ2) is 9.47. The molecule has 0 spiro atoms. The highest BCUT2D eigenvalue weighted by molar-refractivity contribution is 5.92.